The van der Waals surface area contributed by atoms with Crippen molar-refractivity contribution < 1.29 is 9.59 Å². The van der Waals surface area contributed by atoms with Crippen LogP contribution < -0.4 is 5.32 Å². The quantitative estimate of drug-likeness (QED) is 0.539. The van der Waals surface area contributed by atoms with E-state index in [4.69, 9.17) is 11.6 Å². The van der Waals surface area contributed by atoms with E-state index in [0.29, 0.717) is 23.1 Å². The predicted octanol–water partition coefficient (Wildman–Crippen LogP) is 5.09. The van der Waals surface area contributed by atoms with Crippen LogP contribution in [0, 0.1) is 0 Å². The first-order valence-corrected chi connectivity index (χ1v) is 12.5. The number of rotatable bonds is 10. The number of nitrogens with one attached hydrogen (secondary N) is 1. The first-order valence-electron chi connectivity index (χ1n) is 11.0. The van der Waals surface area contributed by atoms with Gasteiger partial charge < -0.3 is 10.2 Å². The van der Waals surface area contributed by atoms with E-state index in [9.17, 15) is 9.59 Å². The Morgan fingerprint density at radius 3 is 2.52 bits per heavy atom. The van der Waals surface area contributed by atoms with Gasteiger partial charge >= 0.3 is 0 Å². The first-order chi connectivity index (χ1) is 15.0. The van der Waals surface area contributed by atoms with E-state index in [1.54, 1.807) is 16.7 Å². The zero-order valence-electron chi connectivity index (χ0n) is 18.1. The molecule has 2 amide bonds. The van der Waals surface area contributed by atoms with Gasteiger partial charge in [0.15, 0.2) is 0 Å². The van der Waals surface area contributed by atoms with Crippen LogP contribution in [0.4, 0.5) is 0 Å². The third kappa shape index (κ3) is 7.58. The highest BCUT2D eigenvalue weighted by atomic mass is 35.5. The van der Waals surface area contributed by atoms with E-state index in [1.165, 1.54) is 0 Å². The van der Waals surface area contributed by atoms with Gasteiger partial charge in [-0.3, -0.25) is 9.59 Å². The Morgan fingerprint density at radius 2 is 1.81 bits per heavy atom. The maximum atomic E-state index is 13.1. The molecule has 1 aliphatic rings. The zero-order valence-corrected chi connectivity index (χ0v) is 19.6. The topological polar surface area (TPSA) is 49.4 Å². The minimum absolute atomic E-state index is 0.00275. The van der Waals surface area contributed by atoms with Crippen molar-refractivity contribution in [2.24, 2.45) is 0 Å². The summed E-state index contributed by atoms with van der Waals surface area (Å²) in [5.74, 6) is 0.995. The molecule has 0 saturated heterocycles. The molecule has 166 valence electrons. The summed E-state index contributed by atoms with van der Waals surface area (Å²) in [7, 11) is 0. The molecular formula is C25H31ClN2O2S. The molecule has 0 spiro atoms. The number of amides is 2. The minimum Gasteiger partial charge on any atom is -0.352 e. The Balaban J connectivity index is 1.60. The third-order valence-corrected chi connectivity index (χ3v) is 6.96. The van der Waals surface area contributed by atoms with Gasteiger partial charge in [0.25, 0.3) is 0 Å². The molecule has 2 aromatic rings. The van der Waals surface area contributed by atoms with Gasteiger partial charge in [-0.05, 0) is 49.4 Å². The molecule has 0 heterocycles. The Morgan fingerprint density at radius 1 is 1.10 bits per heavy atom. The molecule has 3 rings (SSSR count). The van der Waals surface area contributed by atoms with Crippen molar-refractivity contribution in [3.8, 4) is 0 Å². The lowest BCUT2D eigenvalue weighted by atomic mass is 10.1. The summed E-state index contributed by atoms with van der Waals surface area (Å²) in [6, 6.07) is 17.5. The molecule has 1 fully saturated rings. The monoisotopic (exact) mass is 458 g/mol. The number of halogens is 1. The van der Waals surface area contributed by atoms with E-state index >= 15 is 0 Å². The van der Waals surface area contributed by atoms with Gasteiger partial charge in [-0.2, -0.15) is 0 Å². The van der Waals surface area contributed by atoms with E-state index in [1.807, 2.05) is 49.4 Å². The van der Waals surface area contributed by atoms with Crippen LogP contribution in [0.25, 0.3) is 0 Å². The standard InChI is InChI=1S/C25H31ClN2O2S/c1-19(25(30)27-23-12-5-6-13-23)28(15-14-20-8-3-2-4-9-20)24(29)18-31-17-21-10-7-11-22(26)16-21/h2-4,7-11,16,19,23H,5-6,12-15,17-18H2,1H3,(H,27,30)/t19-/m0/s1. The van der Waals surface area contributed by atoms with Crippen LogP contribution >= 0.6 is 23.4 Å². The molecular weight excluding hydrogens is 428 g/mol. The molecule has 0 aliphatic heterocycles. The van der Waals surface area contributed by atoms with Crippen LogP contribution in [0.3, 0.4) is 0 Å². The Labute approximate surface area is 194 Å². The fourth-order valence-electron chi connectivity index (χ4n) is 3.93. The predicted molar refractivity (Wildman–Crippen MR) is 129 cm³/mol. The minimum atomic E-state index is -0.483. The summed E-state index contributed by atoms with van der Waals surface area (Å²) < 4.78 is 0. The van der Waals surface area contributed by atoms with Gasteiger partial charge in [0, 0.05) is 23.4 Å². The normalized spacial score (nSPS) is 14.9. The molecule has 2 aromatic carbocycles. The van der Waals surface area contributed by atoms with Gasteiger partial charge in [0.05, 0.1) is 5.75 Å². The van der Waals surface area contributed by atoms with Crippen LogP contribution in [0.2, 0.25) is 5.02 Å². The molecule has 6 heteroatoms. The second kappa shape index (κ2) is 12.2. The largest absolute Gasteiger partial charge is 0.352 e. The molecule has 1 N–H and O–H groups in total. The number of benzene rings is 2. The zero-order chi connectivity index (χ0) is 22.1. The van der Waals surface area contributed by atoms with Crippen molar-refractivity contribution in [2.75, 3.05) is 12.3 Å². The molecule has 31 heavy (non-hydrogen) atoms. The van der Waals surface area contributed by atoms with Gasteiger partial charge in [-0.25, -0.2) is 0 Å². The highest BCUT2D eigenvalue weighted by Gasteiger charge is 2.28. The molecule has 1 aliphatic carbocycles. The van der Waals surface area contributed by atoms with Crippen molar-refractivity contribution in [3.05, 3.63) is 70.7 Å². The third-order valence-electron chi connectivity index (χ3n) is 5.74. The summed E-state index contributed by atoms with van der Waals surface area (Å²) in [4.78, 5) is 27.7. The second-order valence-electron chi connectivity index (χ2n) is 8.11. The number of carbonyl (C=O) groups is 2. The maximum absolute atomic E-state index is 13.1. The molecule has 4 nitrogen and oxygen atoms in total. The van der Waals surface area contributed by atoms with Crippen LogP contribution in [0.15, 0.2) is 54.6 Å². The number of hydrogen-bond donors (Lipinski definition) is 1. The van der Waals surface area contributed by atoms with Crippen molar-refractivity contribution in [2.45, 2.75) is 56.9 Å². The van der Waals surface area contributed by atoms with Crippen LogP contribution in [0.1, 0.15) is 43.7 Å². The summed E-state index contributed by atoms with van der Waals surface area (Å²) in [6.07, 6.45) is 5.12. The first kappa shape index (κ1) is 23.7. The van der Waals surface area contributed by atoms with Crippen LogP contribution in [-0.4, -0.2) is 41.1 Å². The second-order valence-corrected chi connectivity index (χ2v) is 9.53. The van der Waals surface area contributed by atoms with Gasteiger partial charge in [-0.15, -0.1) is 11.8 Å². The lowest BCUT2D eigenvalue weighted by molar-refractivity contribution is -0.138. The molecule has 1 atom stereocenters. The summed E-state index contributed by atoms with van der Waals surface area (Å²) >= 11 is 7.61. The Hall–Kier alpha value is -1.98. The SMILES string of the molecule is C[C@@H](C(=O)NC1CCCC1)N(CCc1ccccc1)C(=O)CSCc1cccc(Cl)c1. The fraction of sp³-hybridized carbons (Fsp3) is 0.440. The summed E-state index contributed by atoms with van der Waals surface area (Å²) in [6.45, 7) is 2.37. The molecule has 0 aromatic heterocycles. The summed E-state index contributed by atoms with van der Waals surface area (Å²) in [5.41, 5.74) is 2.25. The highest BCUT2D eigenvalue weighted by Crippen LogP contribution is 2.19. The van der Waals surface area contributed by atoms with Gasteiger partial charge in [-0.1, -0.05) is 66.9 Å². The van der Waals surface area contributed by atoms with E-state index in [2.05, 4.69) is 17.4 Å². The molecule has 1 saturated carbocycles. The van der Waals surface area contributed by atoms with E-state index in [-0.39, 0.29) is 17.9 Å². The molecule has 0 radical (unpaired) electrons. The molecule has 0 unspecified atom stereocenters. The van der Waals surface area contributed by atoms with Crippen LogP contribution in [0.5, 0.6) is 0 Å². The Kier molecular flexibility index (Phi) is 9.29. The summed E-state index contributed by atoms with van der Waals surface area (Å²) in [5, 5.41) is 3.85. The maximum Gasteiger partial charge on any atom is 0.242 e. The fourth-order valence-corrected chi connectivity index (χ4v) is 5.00. The average molecular weight is 459 g/mol. The highest BCUT2D eigenvalue weighted by molar-refractivity contribution is 7.99. The van der Waals surface area contributed by atoms with Crippen molar-refractivity contribution in [3.63, 3.8) is 0 Å². The van der Waals surface area contributed by atoms with Crippen molar-refractivity contribution in [1.29, 1.82) is 0 Å². The van der Waals surface area contributed by atoms with Crippen LogP contribution in [-0.2, 0) is 21.8 Å². The van der Waals surface area contributed by atoms with Gasteiger partial charge in [0.1, 0.15) is 6.04 Å². The van der Waals surface area contributed by atoms with E-state index in [0.717, 1.165) is 43.2 Å². The number of thioether (sulfide) groups is 1. The number of nitrogens with zero attached hydrogens (tertiary/aromatic N) is 1. The molecule has 0 bridgehead atoms. The Bertz CT molecular complexity index is 856. The number of hydrogen-bond acceptors (Lipinski definition) is 3. The lowest BCUT2D eigenvalue weighted by Gasteiger charge is -2.29. The lowest BCUT2D eigenvalue weighted by Crippen LogP contribution is -2.51. The van der Waals surface area contributed by atoms with Crippen molar-refractivity contribution in [1.82, 2.24) is 10.2 Å². The smallest absolute Gasteiger partial charge is 0.242 e. The van der Waals surface area contributed by atoms with Gasteiger partial charge in [0.2, 0.25) is 11.8 Å². The van der Waals surface area contributed by atoms with E-state index < -0.39 is 6.04 Å². The van der Waals surface area contributed by atoms with Crippen molar-refractivity contribution >= 4 is 35.2 Å². The average Bonchev–Trinajstić information content (AvgIpc) is 3.27. The number of carbonyl (C=O) groups excluding carboxylic acids is 2.